The summed E-state index contributed by atoms with van der Waals surface area (Å²) in [5, 5.41) is 19.2. The Balaban J connectivity index is 2.94. The molecule has 0 aliphatic carbocycles. The van der Waals surface area contributed by atoms with Crippen LogP contribution in [0, 0.1) is 10.1 Å². The van der Waals surface area contributed by atoms with Gasteiger partial charge in [-0.15, -0.1) is 0 Å². The third kappa shape index (κ3) is 4.23. The predicted molar refractivity (Wildman–Crippen MR) is 65.1 cm³/mol. The number of rotatable bonds is 5. The molecule has 8 heteroatoms. The van der Waals surface area contributed by atoms with Crippen LogP contribution in [0.4, 0.5) is 5.69 Å². The molecule has 1 atom stereocenters. The summed E-state index contributed by atoms with van der Waals surface area (Å²) in [5.74, 6) is -1.86. The first-order chi connectivity index (χ1) is 7.90. The summed E-state index contributed by atoms with van der Waals surface area (Å²) in [6.45, 7) is 0. The van der Waals surface area contributed by atoms with Crippen molar-refractivity contribution in [2.24, 2.45) is 0 Å². The maximum atomic E-state index is 11.4. The van der Waals surface area contributed by atoms with Crippen LogP contribution in [-0.4, -0.2) is 26.0 Å². The topological polar surface area (TPSA) is 97.5 Å². The van der Waals surface area contributed by atoms with E-state index in [9.17, 15) is 19.1 Å². The molecule has 1 rings (SSSR count). The Morgan fingerprint density at radius 2 is 2.18 bits per heavy atom. The van der Waals surface area contributed by atoms with Crippen LogP contribution in [0.5, 0.6) is 0 Å². The zero-order valence-corrected chi connectivity index (χ0v) is 10.9. The van der Waals surface area contributed by atoms with Gasteiger partial charge in [-0.05, 0) is 6.07 Å². The Morgan fingerprint density at radius 3 is 2.71 bits per heavy atom. The molecule has 1 aromatic rings. The van der Waals surface area contributed by atoms with Crippen LogP contribution in [0.25, 0.3) is 0 Å². The van der Waals surface area contributed by atoms with E-state index < -0.39 is 27.4 Å². The van der Waals surface area contributed by atoms with E-state index in [1.54, 1.807) is 6.07 Å². The third-order valence-corrected chi connectivity index (χ3v) is 3.54. The normalized spacial score (nSPS) is 12.1. The molecule has 1 N–H and O–H groups in total. The first-order valence-electron chi connectivity index (χ1n) is 4.39. The van der Waals surface area contributed by atoms with Crippen LogP contribution >= 0.6 is 15.9 Å². The zero-order chi connectivity index (χ0) is 13.0. The van der Waals surface area contributed by atoms with E-state index in [4.69, 9.17) is 5.11 Å². The number of nitrogens with zero attached hydrogens (tertiary/aromatic N) is 1. The van der Waals surface area contributed by atoms with Crippen molar-refractivity contribution in [2.75, 3.05) is 5.75 Å². The zero-order valence-electron chi connectivity index (χ0n) is 8.46. The third-order valence-electron chi connectivity index (χ3n) is 1.84. The Kier molecular flexibility index (Phi) is 4.76. The molecule has 0 amide bonds. The Labute approximate surface area is 107 Å². The number of carboxylic acids is 1. The molecule has 0 fully saturated rings. The lowest BCUT2D eigenvalue weighted by molar-refractivity contribution is -0.385. The highest BCUT2D eigenvalue weighted by atomic mass is 79.9. The largest absolute Gasteiger partial charge is 0.481 e. The highest BCUT2D eigenvalue weighted by Gasteiger charge is 2.17. The second kappa shape index (κ2) is 5.87. The molecule has 0 heterocycles. The van der Waals surface area contributed by atoms with Crippen molar-refractivity contribution in [3.63, 3.8) is 0 Å². The summed E-state index contributed by atoms with van der Waals surface area (Å²) in [5.41, 5.74) is 0.0934. The summed E-state index contributed by atoms with van der Waals surface area (Å²) in [6.07, 6.45) is 0. The average molecular weight is 322 g/mol. The van der Waals surface area contributed by atoms with Gasteiger partial charge in [0.25, 0.3) is 5.69 Å². The van der Waals surface area contributed by atoms with E-state index in [1.807, 2.05) is 0 Å². The number of nitro benzene ring substituents is 1. The van der Waals surface area contributed by atoms with Gasteiger partial charge >= 0.3 is 5.97 Å². The molecule has 0 saturated heterocycles. The molecule has 1 unspecified atom stereocenters. The van der Waals surface area contributed by atoms with Crippen LogP contribution in [0.3, 0.4) is 0 Å². The fourth-order valence-corrected chi connectivity index (χ4v) is 2.51. The summed E-state index contributed by atoms with van der Waals surface area (Å²) in [6, 6.07) is 4.34. The average Bonchev–Trinajstić information content (AvgIpc) is 2.19. The summed E-state index contributed by atoms with van der Waals surface area (Å²) >= 11 is 3.10. The van der Waals surface area contributed by atoms with Crippen molar-refractivity contribution in [2.45, 2.75) is 5.75 Å². The number of hydrogen-bond donors (Lipinski definition) is 1. The fourth-order valence-electron chi connectivity index (χ4n) is 1.19. The summed E-state index contributed by atoms with van der Waals surface area (Å²) in [4.78, 5) is 20.5. The first-order valence-corrected chi connectivity index (χ1v) is 6.68. The van der Waals surface area contributed by atoms with Crippen molar-refractivity contribution in [3.05, 3.63) is 38.3 Å². The minimum atomic E-state index is -1.65. The van der Waals surface area contributed by atoms with Crippen molar-refractivity contribution in [1.82, 2.24) is 0 Å². The van der Waals surface area contributed by atoms with Gasteiger partial charge in [0.2, 0.25) is 0 Å². The van der Waals surface area contributed by atoms with Gasteiger partial charge in [0, 0.05) is 26.9 Å². The highest BCUT2D eigenvalue weighted by Crippen LogP contribution is 2.24. The molecule has 0 bridgehead atoms. The van der Waals surface area contributed by atoms with E-state index in [-0.39, 0.29) is 17.0 Å². The Bertz CT molecular complexity index is 490. The lowest BCUT2D eigenvalue weighted by atomic mass is 10.2. The number of carbonyl (C=O) groups is 1. The smallest absolute Gasteiger partial charge is 0.316 e. The number of hydrogen-bond acceptors (Lipinski definition) is 4. The molecular weight excluding hydrogens is 314 g/mol. The van der Waals surface area contributed by atoms with E-state index in [1.165, 1.54) is 12.1 Å². The monoisotopic (exact) mass is 321 g/mol. The van der Waals surface area contributed by atoms with E-state index >= 15 is 0 Å². The number of benzene rings is 1. The number of halogens is 1. The van der Waals surface area contributed by atoms with Crippen molar-refractivity contribution in [1.29, 1.82) is 0 Å². The maximum absolute atomic E-state index is 11.4. The Hall–Kier alpha value is -1.28. The molecule has 0 aliphatic heterocycles. The van der Waals surface area contributed by atoms with E-state index in [0.29, 0.717) is 4.47 Å². The van der Waals surface area contributed by atoms with Crippen molar-refractivity contribution in [3.8, 4) is 0 Å². The quantitative estimate of drug-likeness (QED) is 0.657. The van der Waals surface area contributed by atoms with Crippen LogP contribution in [0.1, 0.15) is 5.56 Å². The van der Waals surface area contributed by atoms with E-state index in [2.05, 4.69) is 15.9 Å². The molecule has 0 spiro atoms. The van der Waals surface area contributed by atoms with Crippen molar-refractivity contribution < 1.29 is 19.0 Å². The van der Waals surface area contributed by atoms with Gasteiger partial charge in [-0.1, -0.05) is 22.0 Å². The first kappa shape index (κ1) is 13.8. The van der Waals surface area contributed by atoms with Gasteiger partial charge in [0.05, 0.1) is 10.7 Å². The number of carboxylic acid groups (broad SMARTS) is 1. The predicted octanol–water partition coefficient (Wildman–Crippen LogP) is 1.69. The van der Waals surface area contributed by atoms with Gasteiger partial charge in [-0.25, -0.2) is 0 Å². The molecule has 0 aliphatic rings. The van der Waals surface area contributed by atoms with Crippen LogP contribution < -0.4 is 0 Å². The van der Waals surface area contributed by atoms with Gasteiger partial charge < -0.3 is 5.11 Å². The van der Waals surface area contributed by atoms with Gasteiger partial charge in [-0.2, -0.15) is 0 Å². The van der Waals surface area contributed by atoms with Gasteiger partial charge in [0.1, 0.15) is 5.75 Å². The second-order valence-electron chi connectivity index (χ2n) is 3.15. The summed E-state index contributed by atoms with van der Waals surface area (Å²) in [7, 11) is -1.65. The van der Waals surface area contributed by atoms with E-state index in [0.717, 1.165) is 0 Å². The SMILES string of the molecule is O=C(O)CS(=O)Cc1ccc(Br)cc1[N+](=O)[O-]. The van der Waals surface area contributed by atoms with Gasteiger partial charge in [0.15, 0.2) is 0 Å². The van der Waals surface area contributed by atoms with Crippen molar-refractivity contribution >= 4 is 38.4 Å². The highest BCUT2D eigenvalue weighted by molar-refractivity contribution is 9.10. The fraction of sp³-hybridized carbons (Fsp3) is 0.222. The molecule has 0 aromatic heterocycles. The Morgan fingerprint density at radius 1 is 1.53 bits per heavy atom. The molecule has 6 nitrogen and oxygen atoms in total. The number of nitro groups is 1. The lowest BCUT2D eigenvalue weighted by Gasteiger charge is -2.02. The molecular formula is C9H8BrNO5S. The summed E-state index contributed by atoms with van der Waals surface area (Å²) < 4.78 is 11.9. The molecule has 17 heavy (non-hydrogen) atoms. The lowest BCUT2D eigenvalue weighted by Crippen LogP contribution is -2.11. The standard InChI is InChI=1S/C9H8BrNO5S/c10-7-2-1-6(8(3-7)11(14)15)4-17(16)5-9(12)13/h1-3H,4-5H2,(H,12,13). The molecule has 1 aromatic carbocycles. The molecule has 92 valence electrons. The van der Waals surface area contributed by atoms with Gasteiger partial charge in [-0.3, -0.25) is 19.1 Å². The van der Waals surface area contributed by atoms with Crippen LogP contribution in [0.2, 0.25) is 0 Å². The van der Waals surface area contributed by atoms with Crippen LogP contribution in [-0.2, 0) is 21.3 Å². The minimum absolute atomic E-state index is 0.143. The van der Waals surface area contributed by atoms with Crippen LogP contribution in [0.15, 0.2) is 22.7 Å². The number of aliphatic carboxylic acids is 1. The molecule has 0 saturated carbocycles. The molecule has 0 radical (unpaired) electrons. The second-order valence-corrected chi connectivity index (χ2v) is 5.53. The minimum Gasteiger partial charge on any atom is -0.481 e. The maximum Gasteiger partial charge on any atom is 0.316 e.